The van der Waals surface area contributed by atoms with Crippen LogP contribution in [0.4, 0.5) is 5.69 Å². The number of hydrogen-bond acceptors (Lipinski definition) is 6. The first-order chi connectivity index (χ1) is 15.6. The summed E-state index contributed by atoms with van der Waals surface area (Å²) in [5.41, 5.74) is -0.747. The Bertz CT molecular complexity index is 1250. The van der Waals surface area contributed by atoms with Crippen LogP contribution in [-0.4, -0.2) is 28.1 Å². The van der Waals surface area contributed by atoms with Crippen molar-refractivity contribution >= 4 is 17.8 Å². The molecular weight excluding hydrogens is 426 g/mol. The van der Waals surface area contributed by atoms with Crippen LogP contribution >= 0.6 is 0 Å². The molecule has 0 amide bonds. The van der Waals surface area contributed by atoms with E-state index in [9.17, 15) is 19.7 Å². The van der Waals surface area contributed by atoms with E-state index in [1.54, 1.807) is 30.3 Å². The van der Waals surface area contributed by atoms with Crippen LogP contribution in [0.2, 0.25) is 0 Å². The number of ether oxygens (including phenoxy) is 2. The van der Waals surface area contributed by atoms with Gasteiger partial charge in [0, 0.05) is 0 Å². The van der Waals surface area contributed by atoms with Crippen LogP contribution in [0.15, 0.2) is 58.1 Å². The molecule has 0 saturated carbocycles. The fourth-order valence-corrected chi connectivity index (χ4v) is 3.02. The van der Waals surface area contributed by atoms with Crippen LogP contribution in [0, 0.1) is 10.1 Å². The second-order valence-electron chi connectivity index (χ2n) is 8.30. The second kappa shape index (κ2) is 9.99. The lowest BCUT2D eigenvalue weighted by atomic mass is 9.87. The Kier molecular flexibility index (Phi) is 7.12. The van der Waals surface area contributed by atoms with E-state index in [1.165, 1.54) is 11.6 Å². The van der Waals surface area contributed by atoms with Gasteiger partial charge in [0.1, 0.15) is 30.4 Å². The summed E-state index contributed by atoms with van der Waals surface area (Å²) in [4.78, 5) is 37.4. The molecule has 1 heterocycles. The lowest BCUT2D eigenvalue weighted by molar-refractivity contribution is -0.386. The van der Waals surface area contributed by atoms with E-state index in [0.717, 1.165) is 5.75 Å². The third kappa shape index (κ3) is 6.42. The molecule has 9 heteroatoms. The number of benzene rings is 2. The SMILES string of the molecule is CC(C)(C)c1ccc(OCCOc2ccc(/C=C/c3[nH]c(=O)[nH]c(=O)c3[N+](=O)[O-])cc2)cc1. The van der Waals surface area contributed by atoms with Gasteiger partial charge >= 0.3 is 16.9 Å². The fraction of sp³-hybridized carbons (Fsp3) is 0.250. The number of H-pyrrole nitrogens is 2. The lowest BCUT2D eigenvalue weighted by Gasteiger charge is -2.19. The molecule has 0 aliphatic rings. The van der Waals surface area contributed by atoms with Gasteiger partial charge in [0.25, 0.3) is 0 Å². The Morgan fingerprint density at radius 3 is 1.94 bits per heavy atom. The Balaban J connectivity index is 1.54. The molecule has 0 radical (unpaired) electrons. The van der Waals surface area contributed by atoms with Crippen LogP contribution in [-0.2, 0) is 5.41 Å². The zero-order chi connectivity index (χ0) is 24.0. The highest BCUT2D eigenvalue weighted by molar-refractivity contribution is 5.71. The minimum Gasteiger partial charge on any atom is -0.490 e. The standard InChI is InChI=1S/C24H25N3O6/c1-24(2,3)17-7-11-19(12-8-17)33-15-14-32-18-9-4-16(5-10-18)6-13-20-21(27(30)31)22(28)26-23(29)25-20/h4-13H,14-15H2,1-3H3,(H2,25,26,28,29)/b13-6+. The van der Waals surface area contributed by atoms with Gasteiger partial charge in [-0.15, -0.1) is 0 Å². The normalized spacial score (nSPS) is 11.5. The molecule has 0 aliphatic heterocycles. The molecule has 0 spiro atoms. The van der Waals surface area contributed by atoms with Crippen molar-refractivity contribution in [2.75, 3.05) is 13.2 Å². The van der Waals surface area contributed by atoms with E-state index >= 15 is 0 Å². The monoisotopic (exact) mass is 451 g/mol. The molecule has 172 valence electrons. The average Bonchev–Trinajstić information content (AvgIpc) is 2.75. The summed E-state index contributed by atoms with van der Waals surface area (Å²) in [5, 5.41) is 11.1. The van der Waals surface area contributed by atoms with E-state index < -0.39 is 21.9 Å². The summed E-state index contributed by atoms with van der Waals surface area (Å²) in [5.74, 6) is 1.41. The van der Waals surface area contributed by atoms with Crippen LogP contribution in [0.3, 0.4) is 0 Å². The van der Waals surface area contributed by atoms with Crippen molar-refractivity contribution in [3.63, 3.8) is 0 Å². The zero-order valence-electron chi connectivity index (χ0n) is 18.6. The van der Waals surface area contributed by atoms with Crippen molar-refractivity contribution in [2.45, 2.75) is 26.2 Å². The van der Waals surface area contributed by atoms with E-state index in [2.05, 4.69) is 37.9 Å². The van der Waals surface area contributed by atoms with Gasteiger partial charge in [-0.05, 0) is 46.9 Å². The zero-order valence-corrected chi connectivity index (χ0v) is 18.6. The highest BCUT2D eigenvalue weighted by Crippen LogP contribution is 2.24. The van der Waals surface area contributed by atoms with Gasteiger partial charge in [0.05, 0.1) is 4.92 Å². The summed E-state index contributed by atoms with van der Waals surface area (Å²) < 4.78 is 11.4. The van der Waals surface area contributed by atoms with Gasteiger partial charge in [-0.3, -0.25) is 19.9 Å². The number of aromatic nitrogens is 2. The summed E-state index contributed by atoms with van der Waals surface area (Å²) in [7, 11) is 0. The predicted octanol–water partition coefficient (Wildman–Crippen LogP) is 3.90. The fourth-order valence-electron chi connectivity index (χ4n) is 3.02. The number of nitrogens with zero attached hydrogens (tertiary/aromatic N) is 1. The van der Waals surface area contributed by atoms with Crippen molar-refractivity contribution in [1.82, 2.24) is 9.97 Å². The number of nitro groups is 1. The Labute approximate surface area is 189 Å². The van der Waals surface area contributed by atoms with Crippen molar-refractivity contribution in [3.8, 4) is 11.5 Å². The molecule has 0 atom stereocenters. The van der Waals surface area contributed by atoms with Crippen molar-refractivity contribution < 1.29 is 14.4 Å². The molecule has 0 bridgehead atoms. The molecule has 3 rings (SSSR count). The van der Waals surface area contributed by atoms with E-state index in [1.807, 2.05) is 17.1 Å². The first kappa shape index (κ1) is 23.5. The third-order valence-electron chi connectivity index (χ3n) is 4.79. The minimum atomic E-state index is -1.06. The highest BCUT2D eigenvalue weighted by Gasteiger charge is 2.18. The summed E-state index contributed by atoms with van der Waals surface area (Å²) in [6.45, 7) is 7.22. The largest absolute Gasteiger partial charge is 0.490 e. The van der Waals surface area contributed by atoms with E-state index in [-0.39, 0.29) is 11.1 Å². The lowest BCUT2D eigenvalue weighted by Crippen LogP contribution is -2.25. The van der Waals surface area contributed by atoms with Gasteiger partial charge in [-0.2, -0.15) is 0 Å². The first-order valence-corrected chi connectivity index (χ1v) is 10.3. The molecule has 2 N–H and O–H groups in total. The molecule has 3 aromatic rings. The van der Waals surface area contributed by atoms with Crippen LogP contribution < -0.4 is 20.7 Å². The Hall–Kier alpha value is -4.14. The van der Waals surface area contributed by atoms with Crippen molar-refractivity contribution in [2.24, 2.45) is 0 Å². The van der Waals surface area contributed by atoms with Crippen LogP contribution in [0.5, 0.6) is 11.5 Å². The van der Waals surface area contributed by atoms with Gasteiger partial charge in [0.2, 0.25) is 0 Å². The topological polar surface area (TPSA) is 127 Å². The van der Waals surface area contributed by atoms with Crippen LogP contribution in [0.25, 0.3) is 12.2 Å². The smallest absolute Gasteiger partial charge is 0.357 e. The maximum Gasteiger partial charge on any atom is 0.357 e. The highest BCUT2D eigenvalue weighted by atomic mass is 16.6. The number of nitrogens with one attached hydrogen (secondary N) is 2. The maximum atomic E-state index is 11.7. The van der Waals surface area contributed by atoms with Gasteiger partial charge in [0.15, 0.2) is 0 Å². The molecule has 2 aromatic carbocycles. The van der Waals surface area contributed by atoms with E-state index in [0.29, 0.717) is 24.5 Å². The van der Waals surface area contributed by atoms with Gasteiger partial charge in [-0.25, -0.2) is 4.79 Å². The minimum absolute atomic E-state index is 0.0909. The third-order valence-corrected chi connectivity index (χ3v) is 4.79. The van der Waals surface area contributed by atoms with Gasteiger partial charge < -0.3 is 14.5 Å². The molecule has 0 fully saturated rings. The quantitative estimate of drug-likeness (QED) is 0.304. The Morgan fingerprint density at radius 1 is 0.879 bits per heavy atom. The Morgan fingerprint density at radius 2 is 1.42 bits per heavy atom. The molecule has 33 heavy (non-hydrogen) atoms. The van der Waals surface area contributed by atoms with Crippen molar-refractivity contribution in [1.29, 1.82) is 0 Å². The maximum absolute atomic E-state index is 11.7. The summed E-state index contributed by atoms with van der Waals surface area (Å²) in [6.07, 6.45) is 2.86. The van der Waals surface area contributed by atoms with Crippen molar-refractivity contribution in [3.05, 3.63) is 96.3 Å². The summed E-state index contributed by atoms with van der Waals surface area (Å²) >= 11 is 0. The molecule has 9 nitrogen and oxygen atoms in total. The molecule has 0 saturated heterocycles. The van der Waals surface area contributed by atoms with E-state index in [4.69, 9.17) is 9.47 Å². The second-order valence-corrected chi connectivity index (χ2v) is 8.30. The average molecular weight is 451 g/mol. The first-order valence-electron chi connectivity index (χ1n) is 10.3. The number of hydrogen-bond donors (Lipinski definition) is 2. The predicted molar refractivity (Wildman–Crippen MR) is 126 cm³/mol. The molecule has 0 unspecified atom stereocenters. The molecular formula is C24H25N3O6. The number of aromatic amines is 2. The van der Waals surface area contributed by atoms with Crippen LogP contribution in [0.1, 0.15) is 37.6 Å². The molecule has 1 aromatic heterocycles. The number of rotatable bonds is 8. The van der Waals surface area contributed by atoms with Gasteiger partial charge in [-0.1, -0.05) is 51.1 Å². The summed E-state index contributed by atoms with van der Waals surface area (Å²) in [6, 6.07) is 15.0. The molecule has 0 aliphatic carbocycles.